The molecule has 0 spiro atoms. The molecule has 1 rings (SSSR count). The Morgan fingerprint density at radius 1 is 1.85 bits per heavy atom. The molecule has 1 heterocycles. The first kappa shape index (κ1) is 10.3. The highest BCUT2D eigenvalue weighted by atomic mass is 79.9. The van der Waals surface area contributed by atoms with Crippen LogP contribution in [0.5, 0.6) is 0 Å². The zero-order valence-corrected chi connectivity index (χ0v) is 8.67. The molecular formula is C8H10BrNO3. The fourth-order valence-corrected chi connectivity index (χ4v) is 1.22. The van der Waals surface area contributed by atoms with E-state index in [1.165, 1.54) is 6.26 Å². The van der Waals surface area contributed by atoms with Gasteiger partial charge in [-0.05, 0) is 28.9 Å². The van der Waals surface area contributed by atoms with Crippen molar-refractivity contribution in [2.75, 3.05) is 6.61 Å². The van der Waals surface area contributed by atoms with Gasteiger partial charge in [-0.25, -0.2) is 0 Å². The predicted octanol–water partition coefficient (Wildman–Crippen LogP) is 1.15. The quantitative estimate of drug-likeness (QED) is 0.843. The number of hydrogen-bond acceptors (Lipinski definition) is 3. The fourth-order valence-electron chi connectivity index (χ4n) is 0.803. The van der Waals surface area contributed by atoms with Crippen LogP contribution in [-0.2, 0) is 0 Å². The summed E-state index contributed by atoms with van der Waals surface area (Å²) in [5, 5.41) is 11.3. The van der Waals surface area contributed by atoms with E-state index in [9.17, 15) is 4.79 Å². The van der Waals surface area contributed by atoms with Crippen molar-refractivity contribution in [3.05, 3.63) is 22.6 Å². The molecule has 0 fully saturated rings. The van der Waals surface area contributed by atoms with Crippen LogP contribution in [0.1, 0.15) is 17.3 Å². The number of rotatable bonds is 3. The summed E-state index contributed by atoms with van der Waals surface area (Å²) in [7, 11) is 0. The van der Waals surface area contributed by atoms with Gasteiger partial charge in [0, 0.05) is 6.04 Å². The number of aliphatic hydroxyl groups excluding tert-OH is 1. The van der Waals surface area contributed by atoms with Crippen molar-refractivity contribution >= 4 is 21.8 Å². The molecule has 4 nitrogen and oxygen atoms in total. The Morgan fingerprint density at radius 3 is 3.00 bits per heavy atom. The molecule has 0 saturated heterocycles. The second-order valence-corrected chi connectivity index (χ2v) is 3.39. The summed E-state index contributed by atoms with van der Waals surface area (Å²) >= 11 is 3.09. The van der Waals surface area contributed by atoms with Crippen LogP contribution < -0.4 is 5.32 Å². The minimum atomic E-state index is -0.262. The van der Waals surface area contributed by atoms with Gasteiger partial charge >= 0.3 is 0 Å². The Kier molecular flexibility index (Phi) is 3.50. The number of aliphatic hydroxyl groups is 1. The SMILES string of the molecule is C[C@H](CO)NC(=O)c1ccoc1Br. The molecule has 0 unspecified atom stereocenters. The van der Waals surface area contributed by atoms with Crippen LogP contribution >= 0.6 is 15.9 Å². The zero-order chi connectivity index (χ0) is 9.84. The highest BCUT2D eigenvalue weighted by Crippen LogP contribution is 2.17. The maximum atomic E-state index is 11.4. The molecule has 1 amide bonds. The Balaban J connectivity index is 2.64. The number of furan rings is 1. The molecule has 1 aromatic heterocycles. The third-order valence-corrected chi connectivity index (χ3v) is 2.13. The van der Waals surface area contributed by atoms with E-state index in [4.69, 9.17) is 9.52 Å². The summed E-state index contributed by atoms with van der Waals surface area (Å²) in [4.78, 5) is 11.4. The molecule has 0 aliphatic rings. The van der Waals surface area contributed by atoms with Crippen molar-refractivity contribution in [3.63, 3.8) is 0 Å². The zero-order valence-electron chi connectivity index (χ0n) is 7.08. The summed E-state index contributed by atoms with van der Waals surface area (Å²) in [6, 6.07) is 1.30. The molecular weight excluding hydrogens is 238 g/mol. The maximum absolute atomic E-state index is 11.4. The van der Waals surface area contributed by atoms with E-state index in [-0.39, 0.29) is 18.6 Å². The highest BCUT2D eigenvalue weighted by molar-refractivity contribution is 9.10. The number of amides is 1. The Hall–Kier alpha value is -0.810. The van der Waals surface area contributed by atoms with E-state index in [2.05, 4.69) is 21.2 Å². The monoisotopic (exact) mass is 247 g/mol. The maximum Gasteiger partial charge on any atom is 0.256 e. The summed E-state index contributed by atoms with van der Waals surface area (Å²) in [6.45, 7) is 1.63. The van der Waals surface area contributed by atoms with Crippen molar-refractivity contribution in [2.24, 2.45) is 0 Å². The van der Waals surface area contributed by atoms with Crippen LogP contribution in [0, 0.1) is 0 Å². The highest BCUT2D eigenvalue weighted by Gasteiger charge is 2.13. The van der Waals surface area contributed by atoms with Crippen molar-refractivity contribution in [1.82, 2.24) is 5.32 Å². The van der Waals surface area contributed by atoms with Gasteiger partial charge in [-0.1, -0.05) is 0 Å². The van der Waals surface area contributed by atoms with E-state index in [0.717, 1.165) is 0 Å². The first-order chi connectivity index (χ1) is 6.15. The average Bonchev–Trinajstić information content (AvgIpc) is 2.51. The Bertz CT molecular complexity index is 297. The number of hydrogen-bond donors (Lipinski definition) is 2. The number of carbonyl (C=O) groups is 1. The summed E-state index contributed by atoms with van der Waals surface area (Å²) in [5.74, 6) is -0.262. The molecule has 1 atom stereocenters. The number of halogens is 1. The van der Waals surface area contributed by atoms with Crippen LogP contribution in [0.25, 0.3) is 0 Å². The molecule has 0 aliphatic carbocycles. The van der Waals surface area contributed by atoms with Gasteiger partial charge in [-0.3, -0.25) is 4.79 Å². The summed E-state index contributed by atoms with van der Waals surface area (Å²) in [5.41, 5.74) is 0.431. The van der Waals surface area contributed by atoms with Gasteiger partial charge in [-0.15, -0.1) is 0 Å². The van der Waals surface area contributed by atoms with Crippen LogP contribution in [0.15, 0.2) is 21.4 Å². The lowest BCUT2D eigenvalue weighted by molar-refractivity contribution is 0.0920. The van der Waals surface area contributed by atoms with Gasteiger partial charge in [0.2, 0.25) is 0 Å². The van der Waals surface area contributed by atoms with Crippen molar-refractivity contribution in [3.8, 4) is 0 Å². The van der Waals surface area contributed by atoms with E-state index >= 15 is 0 Å². The van der Waals surface area contributed by atoms with Crippen molar-refractivity contribution in [2.45, 2.75) is 13.0 Å². The molecule has 5 heteroatoms. The molecule has 2 N–H and O–H groups in total. The second kappa shape index (κ2) is 4.43. The molecule has 0 aromatic carbocycles. The molecule has 72 valence electrons. The molecule has 0 aliphatic heterocycles. The second-order valence-electron chi connectivity index (χ2n) is 2.67. The minimum absolute atomic E-state index is 0.0821. The van der Waals surface area contributed by atoms with Gasteiger partial charge in [0.15, 0.2) is 4.67 Å². The van der Waals surface area contributed by atoms with Crippen LogP contribution in [0.2, 0.25) is 0 Å². The normalized spacial score (nSPS) is 12.5. The van der Waals surface area contributed by atoms with Gasteiger partial charge < -0.3 is 14.8 Å². The van der Waals surface area contributed by atoms with Gasteiger partial charge in [-0.2, -0.15) is 0 Å². The smallest absolute Gasteiger partial charge is 0.256 e. The van der Waals surface area contributed by atoms with Crippen LogP contribution in [0.3, 0.4) is 0 Å². The lowest BCUT2D eigenvalue weighted by Gasteiger charge is -2.09. The van der Waals surface area contributed by atoms with Gasteiger partial charge in [0.25, 0.3) is 5.91 Å². The lowest BCUT2D eigenvalue weighted by Crippen LogP contribution is -2.34. The van der Waals surface area contributed by atoms with E-state index in [1.54, 1.807) is 13.0 Å². The Labute approximate surface area is 84.1 Å². The largest absolute Gasteiger partial charge is 0.457 e. The average molecular weight is 248 g/mol. The minimum Gasteiger partial charge on any atom is -0.457 e. The standard InChI is InChI=1S/C8H10BrNO3/c1-5(4-11)10-8(12)6-2-3-13-7(6)9/h2-3,5,11H,4H2,1H3,(H,10,12)/t5-/m1/s1. The van der Waals surface area contributed by atoms with Crippen LogP contribution in [0.4, 0.5) is 0 Å². The summed E-state index contributed by atoms with van der Waals surface area (Å²) in [6.07, 6.45) is 1.42. The van der Waals surface area contributed by atoms with Gasteiger partial charge in [0.1, 0.15) is 0 Å². The molecule has 0 bridgehead atoms. The van der Waals surface area contributed by atoms with Crippen LogP contribution in [-0.4, -0.2) is 23.7 Å². The van der Waals surface area contributed by atoms with Gasteiger partial charge in [0.05, 0.1) is 18.4 Å². The molecule has 0 saturated carbocycles. The third-order valence-electron chi connectivity index (χ3n) is 1.51. The molecule has 0 radical (unpaired) electrons. The topological polar surface area (TPSA) is 62.5 Å². The van der Waals surface area contributed by atoms with E-state index in [1.807, 2.05) is 0 Å². The fraction of sp³-hybridized carbons (Fsp3) is 0.375. The van der Waals surface area contributed by atoms with E-state index in [0.29, 0.717) is 10.2 Å². The summed E-state index contributed by atoms with van der Waals surface area (Å²) < 4.78 is 5.29. The number of carbonyl (C=O) groups excluding carboxylic acids is 1. The predicted molar refractivity (Wildman–Crippen MR) is 50.4 cm³/mol. The first-order valence-electron chi connectivity index (χ1n) is 3.80. The lowest BCUT2D eigenvalue weighted by atomic mass is 10.3. The third kappa shape index (κ3) is 2.57. The molecule has 1 aromatic rings. The molecule has 13 heavy (non-hydrogen) atoms. The Morgan fingerprint density at radius 2 is 2.54 bits per heavy atom. The first-order valence-corrected chi connectivity index (χ1v) is 4.59. The number of nitrogens with one attached hydrogen (secondary N) is 1. The van der Waals surface area contributed by atoms with Crippen molar-refractivity contribution in [1.29, 1.82) is 0 Å². The van der Waals surface area contributed by atoms with Crippen molar-refractivity contribution < 1.29 is 14.3 Å². The van der Waals surface area contributed by atoms with E-state index < -0.39 is 0 Å².